The van der Waals surface area contributed by atoms with Crippen LogP contribution in [0.2, 0.25) is 0 Å². The Bertz CT molecular complexity index is 1050. The third-order valence-corrected chi connectivity index (χ3v) is 5.07. The Labute approximate surface area is 164 Å². The number of rotatable bonds is 6. The average molecular weight is 430 g/mol. The van der Waals surface area contributed by atoms with Gasteiger partial charge in [0.25, 0.3) is 0 Å². The van der Waals surface area contributed by atoms with Gasteiger partial charge in [-0.3, -0.25) is 0 Å². The van der Waals surface area contributed by atoms with Gasteiger partial charge in [-0.15, -0.1) is 0 Å². The molecule has 0 aliphatic carbocycles. The van der Waals surface area contributed by atoms with Crippen molar-refractivity contribution >= 4 is 32.9 Å². The summed E-state index contributed by atoms with van der Waals surface area (Å²) in [4.78, 5) is 23.0. The number of aryl methyl sites for hydroxylation is 2. The van der Waals surface area contributed by atoms with Crippen molar-refractivity contribution in [3.8, 4) is 5.75 Å². The standard InChI is InChI=1S/C21H19BrO5/c1-12-16-7-9-18(26-11-14-3-5-15(22)6-4-14)13(2)20(16)27-21(25)17(12)8-10-19(23)24/h3-7,9H,8,10-11H2,1-2H3,(H,23,24)/p-1. The number of carbonyl (C=O) groups is 1. The summed E-state index contributed by atoms with van der Waals surface area (Å²) in [5, 5.41) is 11.5. The summed E-state index contributed by atoms with van der Waals surface area (Å²) in [6, 6.07) is 11.5. The molecule has 0 fully saturated rings. The van der Waals surface area contributed by atoms with Gasteiger partial charge in [0.2, 0.25) is 0 Å². The SMILES string of the molecule is Cc1c(CCC(=O)[O-])c(=O)oc2c(C)c(OCc3ccc(Br)cc3)ccc12. The molecular weight excluding hydrogens is 412 g/mol. The number of aliphatic carboxylic acids is 1. The van der Waals surface area contributed by atoms with Gasteiger partial charge in [0, 0.05) is 27.0 Å². The van der Waals surface area contributed by atoms with E-state index in [1.54, 1.807) is 6.92 Å². The van der Waals surface area contributed by atoms with E-state index in [2.05, 4.69) is 15.9 Å². The lowest BCUT2D eigenvalue weighted by Gasteiger charge is -2.13. The van der Waals surface area contributed by atoms with Crippen molar-refractivity contribution in [2.24, 2.45) is 0 Å². The highest BCUT2D eigenvalue weighted by molar-refractivity contribution is 9.10. The van der Waals surface area contributed by atoms with Crippen molar-refractivity contribution in [3.63, 3.8) is 0 Å². The first kappa shape index (κ1) is 19.2. The Morgan fingerprint density at radius 2 is 1.81 bits per heavy atom. The molecule has 0 atom stereocenters. The molecule has 27 heavy (non-hydrogen) atoms. The number of carboxylic acids is 1. The summed E-state index contributed by atoms with van der Waals surface area (Å²) in [6.07, 6.45) is -0.127. The van der Waals surface area contributed by atoms with Gasteiger partial charge in [-0.1, -0.05) is 28.1 Å². The maximum Gasteiger partial charge on any atom is 0.339 e. The van der Waals surface area contributed by atoms with Gasteiger partial charge in [0.15, 0.2) is 0 Å². The van der Waals surface area contributed by atoms with Gasteiger partial charge in [-0.2, -0.15) is 0 Å². The van der Waals surface area contributed by atoms with Crippen molar-refractivity contribution < 1.29 is 19.1 Å². The summed E-state index contributed by atoms with van der Waals surface area (Å²) < 4.78 is 12.4. The monoisotopic (exact) mass is 429 g/mol. The van der Waals surface area contributed by atoms with E-state index in [4.69, 9.17) is 9.15 Å². The Morgan fingerprint density at radius 3 is 2.48 bits per heavy atom. The fourth-order valence-corrected chi connectivity index (χ4v) is 3.25. The average Bonchev–Trinajstić information content (AvgIpc) is 2.63. The first-order chi connectivity index (χ1) is 12.9. The van der Waals surface area contributed by atoms with E-state index < -0.39 is 11.6 Å². The molecule has 140 valence electrons. The molecule has 2 aromatic carbocycles. The van der Waals surface area contributed by atoms with Crippen LogP contribution in [0.3, 0.4) is 0 Å². The fourth-order valence-electron chi connectivity index (χ4n) is 2.99. The van der Waals surface area contributed by atoms with E-state index in [0.717, 1.165) is 26.5 Å². The molecule has 0 unspecified atom stereocenters. The molecule has 1 heterocycles. The number of carboxylic acid groups (broad SMARTS) is 1. The third kappa shape index (κ3) is 4.22. The van der Waals surface area contributed by atoms with E-state index >= 15 is 0 Å². The molecule has 0 bridgehead atoms. The summed E-state index contributed by atoms with van der Waals surface area (Å²) in [5.74, 6) is -0.558. The Hall–Kier alpha value is -2.60. The minimum absolute atomic E-state index is 0.0906. The lowest BCUT2D eigenvalue weighted by atomic mass is 10.0. The molecule has 6 heteroatoms. The van der Waals surface area contributed by atoms with Gasteiger partial charge < -0.3 is 19.1 Å². The maximum absolute atomic E-state index is 12.3. The number of halogens is 1. The highest BCUT2D eigenvalue weighted by Crippen LogP contribution is 2.30. The van der Waals surface area contributed by atoms with Gasteiger partial charge in [0.05, 0.1) is 0 Å². The van der Waals surface area contributed by atoms with Crippen LogP contribution in [0, 0.1) is 13.8 Å². The van der Waals surface area contributed by atoms with E-state index in [-0.39, 0.29) is 12.8 Å². The van der Waals surface area contributed by atoms with Crippen LogP contribution in [0.15, 0.2) is 50.1 Å². The summed E-state index contributed by atoms with van der Waals surface area (Å²) in [7, 11) is 0. The highest BCUT2D eigenvalue weighted by Gasteiger charge is 2.15. The number of fused-ring (bicyclic) bond motifs is 1. The molecule has 5 nitrogen and oxygen atoms in total. The van der Waals surface area contributed by atoms with Crippen molar-refractivity contribution in [3.05, 3.63) is 73.5 Å². The lowest BCUT2D eigenvalue weighted by Crippen LogP contribution is -2.24. The number of carbonyl (C=O) groups excluding carboxylic acids is 1. The molecular formula is C21H18BrO5-. The van der Waals surface area contributed by atoms with Crippen LogP contribution in [0.25, 0.3) is 11.0 Å². The number of hydrogen-bond donors (Lipinski definition) is 0. The van der Waals surface area contributed by atoms with Crippen LogP contribution >= 0.6 is 15.9 Å². The van der Waals surface area contributed by atoms with Crippen LogP contribution in [-0.2, 0) is 17.8 Å². The fraction of sp³-hybridized carbons (Fsp3) is 0.238. The molecule has 0 saturated carbocycles. The third-order valence-electron chi connectivity index (χ3n) is 4.54. The zero-order valence-corrected chi connectivity index (χ0v) is 16.6. The van der Waals surface area contributed by atoms with Gasteiger partial charge in [-0.05, 0) is 62.1 Å². The molecule has 1 aromatic heterocycles. The van der Waals surface area contributed by atoms with Crippen LogP contribution in [0.1, 0.15) is 28.7 Å². The number of hydrogen-bond acceptors (Lipinski definition) is 5. The molecule has 0 aliphatic heterocycles. The van der Waals surface area contributed by atoms with Crippen molar-refractivity contribution in [2.45, 2.75) is 33.3 Å². The van der Waals surface area contributed by atoms with Crippen LogP contribution < -0.4 is 15.5 Å². The van der Waals surface area contributed by atoms with E-state index in [9.17, 15) is 14.7 Å². The van der Waals surface area contributed by atoms with Gasteiger partial charge >= 0.3 is 5.63 Å². The zero-order chi connectivity index (χ0) is 19.6. The van der Waals surface area contributed by atoms with Crippen molar-refractivity contribution in [1.29, 1.82) is 0 Å². The second-order valence-corrected chi connectivity index (χ2v) is 7.26. The van der Waals surface area contributed by atoms with Crippen molar-refractivity contribution in [2.75, 3.05) is 0 Å². The largest absolute Gasteiger partial charge is 0.550 e. The van der Waals surface area contributed by atoms with E-state index in [1.165, 1.54) is 0 Å². The predicted octanol–water partition coefficient (Wildman–Crippen LogP) is 3.43. The Balaban J connectivity index is 1.92. The van der Waals surface area contributed by atoms with E-state index in [1.807, 2.05) is 43.3 Å². The molecule has 3 aromatic rings. The summed E-state index contributed by atoms with van der Waals surface area (Å²) in [5.41, 5.74) is 2.79. The lowest BCUT2D eigenvalue weighted by molar-refractivity contribution is -0.305. The van der Waals surface area contributed by atoms with Crippen LogP contribution in [-0.4, -0.2) is 5.97 Å². The second-order valence-electron chi connectivity index (χ2n) is 6.35. The minimum atomic E-state index is -1.19. The number of ether oxygens (including phenoxy) is 1. The molecule has 0 N–H and O–H groups in total. The van der Waals surface area contributed by atoms with Crippen LogP contribution in [0.5, 0.6) is 5.75 Å². The topological polar surface area (TPSA) is 79.6 Å². The first-order valence-electron chi connectivity index (χ1n) is 8.50. The second kappa shape index (κ2) is 7.96. The highest BCUT2D eigenvalue weighted by atomic mass is 79.9. The molecule has 0 amide bonds. The smallest absolute Gasteiger partial charge is 0.339 e. The molecule has 0 spiro atoms. The zero-order valence-electron chi connectivity index (χ0n) is 15.0. The summed E-state index contributed by atoms with van der Waals surface area (Å²) >= 11 is 3.40. The molecule has 0 saturated heterocycles. The Kier molecular flexibility index (Phi) is 5.65. The molecule has 3 rings (SSSR count). The quantitative estimate of drug-likeness (QED) is 0.560. The first-order valence-corrected chi connectivity index (χ1v) is 9.29. The van der Waals surface area contributed by atoms with Gasteiger partial charge in [-0.25, -0.2) is 4.79 Å². The molecule has 0 aliphatic rings. The van der Waals surface area contributed by atoms with Crippen molar-refractivity contribution in [1.82, 2.24) is 0 Å². The maximum atomic E-state index is 12.3. The molecule has 0 radical (unpaired) electrons. The van der Waals surface area contributed by atoms with Gasteiger partial charge in [0.1, 0.15) is 17.9 Å². The Morgan fingerprint density at radius 1 is 1.11 bits per heavy atom. The predicted molar refractivity (Wildman–Crippen MR) is 104 cm³/mol. The minimum Gasteiger partial charge on any atom is -0.550 e. The normalized spacial score (nSPS) is 10.9. The summed E-state index contributed by atoms with van der Waals surface area (Å²) in [6.45, 7) is 4.03. The van der Waals surface area contributed by atoms with Crippen LogP contribution in [0.4, 0.5) is 0 Å². The van der Waals surface area contributed by atoms with E-state index in [0.29, 0.717) is 23.5 Å². The number of benzene rings is 2.